The largest absolute Gasteiger partial charge is 0.493 e. The molecule has 2 aromatic heterocycles. The van der Waals surface area contributed by atoms with Crippen molar-refractivity contribution in [2.75, 3.05) is 12.8 Å². The predicted molar refractivity (Wildman–Crippen MR) is 117 cm³/mol. The Morgan fingerprint density at radius 1 is 1.10 bits per heavy atom. The van der Waals surface area contributed by atoms with Gasteiger partial charge in [-0.2, -0.15) is 0 Å². The van der Waals surface area contributed by atoms with Gasteiger partial charge < -0.3 is 15.2 Å². The normalized spacial score (nSPS) is 13.9. The molecule has 6 nitrogen and oxygen atoms in total. The number of nitrogen functional groups attached to an aromatic ring is 1. The van der Waals surface area contributed by atoms with Crippen LogP contribution < -0.4 is 15.2 Å². The van der Waals surface area contributed by atoms with Gasteiger partial charge in [-0.05, 0) is 49.6 Å². The molecule has 4 aromatic rings. The van der Waals surface area contributed by atoms with Crippen molar-refractivity contribution in [2.45, 2.75) is 32.1 Å². The fourth-order valence-corrected chi connectivity index (χ4v) is 4.00. The third-order valence-corrected chi connectivity index (χ3v) is 5.82. The van der Waals surface area contributed by atoms with Crippen LogP contribution in [0, 0.1) is 6.92 Å². The summed E-state index contributed by atoms with van der Waals surface area (Å²) >= 11 is 0. The lowest BCUT2D eigenvalue weighted by atomic mass is 9.85. The predicted octanol–water partition coefficient (Wildman–Crippen LogP) is 5.36. The van der Waals surface area contributed by atoms with E-state index in [1.165, 1.54) is 6.42 Å². The number of imidazole rings is 1. The molecule has 0 radical (unpaired) electrons. The number of nitrogens with zero attached hydrogens (tertiary/aromatic N) is 3. The number of aryl methyl sites for hydroxylation is 1. The van der Waals surface area contributed by atoms with E-state index in [1.54, 1.807) is 13.3 Å². The second kappa shape index (κ2) is 7.37. The summed E-state index contributed by atoms with van der Waals surface area (Å²) < 4.78 is 13.8. The van der Waals surface area contributed by atoms with Gasteiger partial charge in [0.2, 0.25) is 0 Å². The number of aromatic nitrogens is 3. The van der Waals surface area contributed by atoms with Crippen molar-refractivity contribution >= 4 is 11.3 Å². The molecule has 2 heterocycles. The Hall–Kier alpha value is -3.54. The summed E-state index contributed by atoms with van der Waals surface area (Å²) in [4.78, 5) is 9.36. The van der Waals surface area contributed by atoms with Crippen LogP contribution in [0.1, 0.15) is 36.6 Å². The van der Waals surface area contributed by atoms with Gasteiger partial charge in [0.1, 0.15) is 28.6 Å². The molecule has 6 heteroatoms. The minimum atomic E-state index is 0.468. The molecule has 0 saturated heterocycles. The number of ether oxygens (including phenoxy) is 2. The molecule has 1 saturated carbocycles. The van der Waals surface area contributed by atoms with Crippen LogP contribution in [0.4, 0.5) is 5.82 Å². The summed E-state index contributed by atoms with van der Waals surface area (Å²) in [6.07, 6.45) is 7.25. The molecule has 0 amide bonds. The Balaban J connectivity index is 1.65. The summed E-state index contributed by atoms with van der Waals surface area (Å²) in [7, 11) is 1.65. The van der Waals surface area contributed by atoms with E-state index in [-0.39, 0.29) is 0 Å². The molecule has 1 fully saturated rings. The van der Waals surface area contributed by atoms with E-state index < -0.39 is 0 Å². The number of benzene rings is 2. The monoisotopic (exact) mass is 400 g/mol. The average Bonchev–Trinajstić information content (AvgIpc) is 3.08. The Kier molecular flexibility index (Phi) is 4.54. The van der Waals surface area contributed by atoms with Crippen LogP contribution in [-0.2, 0) is 0 Å². The third kappa shape index (κ3) is 3.05. The van der Waals surface area contributed by atoms with Crippen LogP contribution in [0.2, 0.25) is 0 Å². The minimum absolute atomic E-state index is 0.468. The van der Waals surface area contributed by atoms with Crippen molar-refractivity contribution in [2.24, 2.45) is 0 Å². The summed E-state index contributed by atoms with van der Waals surface area (Å²) in [6.45, 7) is 2.05. The van der Waals surface area contributed by atoms with Crippen molar-refractivity contribution in [1.82, 2.24) is 14.4 Å². The van der Waals surface area contributed by atoms with Crippen molar-refractivity contribution in [1.29, 1.82) is 0 Å². The summed E-state index contributed by atoms with van der Waals surface area (Å²) in [5.74, 6) is 4.08. The van der Waals surface area contributed by atoms with Crippen LogP contribution in [0.3, 0.4) is 0 Å². The zero-order valence-corrected chi connectivity index (χ0v) is 17.1. The second-order valence-electron chi connectivity index (χ2n) is 7.71. The maximum Gasteiger partial charge on any atom is 0.169 e. The van der Waals surface area contributed by atoms with Crippen LogP contribution >= 0.6 is 0 Å². The van der Waals surface area contributed by atoms with Crippen LogP contribution in [0.15, 0.2) is 54.9 Å². The van der Waals surface area contributed by atoms with Crippen LogP contribution in [0.25, 0.3) is 16.8 Å². The molecule has 30 heavy (non-hydrogen) atoms. The van der Waals surface area contributed by atoms with Gasteiger partial charge in [-0.3, -0.25) is 4.40 Å². The molecule has 0 aliphatic heterocycles. The summed E-state index contributed by atoms with van der Waals surface area (Å²) in [5.41, 5.74) is 9.98. The Labute approximate surface area is 175 Å². The maximum atomic E-state index is 6.29. The fraction of sp³-hybridized carbons (Fsp3) is 0.250. The number of hydrogen-bond donors (Lipinski definition) is 1. The first-order valence-electron chi connectivity index (χ1n) is 10.2. The first-order chi connectivity index (χ1) is 14.7. The molecular formula is C24H24N4O2. The van der Waals surface area contributed by atoms with E-state index in [1.807, 2.05) is 55.6 Å². The number of hydrogen-bond acceptors (Lipinski definition) is 5. The smallest absolute Gasteiger partial charge is 0.169 e. The van der Waals surface area contributed by atoms with E-state index in [0.717, 1.165) is 46.8 Å². The number of anilines is 1. The Morgan fingerprint density at radius 2 is 1.90 bits per heavy atom. The molecule has 2 N–H and O–H groups in total. The number of fused-ring (bicyclic) bond motifs is 1. The maximum absolute atomic E-state index is 6.29. The molecule has 0 atom stereocenters. The molecule has 1 aliphatic rings. The second-order valence-corrected chi connectivity index (χ2v) is 7.71. The molecule has 2 aromatic carbocycles. The molecule has 0 unspecified atom stereocenters. The van der Waals surface area contributed by atoms with Crippen LogP contribution in [-0.4, -0.2) is 21.5 Å². The highest BCUT2D eigenvalue weighted by Crippen LogP contribution is 2.42. The lowest BCUT2D eigenvalue weighted by Gasteiger charge is -2.23. The van der Waals surface area contributed by atoms with Crippen molar-refractivity contribution < 1.29 is 9.47 Å². The Bertz CT molecular complexity index is 1210. The van der Waals surface area contributed by atoms with E-state index >= 15 is 0 Å². The molecule has 0 bridgehead atoms. The van der Waals surface area contributed by atoms with Crippen molar-refractivity contribution in [3.63, 3.8) is 0 Å². The van der Waals surface area contributed by atoms with E-state index in [4.69, 9.17) is 20.2 Å². The van der Waals surface area contributed by atoms with Gasteiger partial charge in [-0.25, -0.2) is 9.97 Å². The standard InChI is InChI=1S/C24H24N4O2/c1-15-13-20(30-17-9-4-3-5-10-17)19(29-2)14-18(15)21-22-23(25)26-11-12-28(22)24(27-21)16-7-6-8-16/h3-5,9-14,16H,6-8H2,1-2H3,(H2,25,26). The zero-order chi connectivity index (χ0) is 20.7. The summed E-state index contributed by atoms with van der Waals surface area (Å²) in [6, 6.07) is 13.6. The van der Waals surface area contributed by atoms with Gasteiger partial charge in [-0.15, -0.1) is 0 Å². The first-order valence-corrected chi connectivity index (χ1v) is 10.2. The fourth-order valence-electron chi connectivity index (χ4n) is 4.00. The zero-order valence-electron chi connectivity index (χ0n) is 17.1. The lowest BCUT2D eigenvalue weighted by Crippen LogP contribution is -2.12. The number of methoxy groups -OCH3 is 1. The SMILES string of the molecule is COc1cc(-c2nc(C3CCC3)n3ccnc(N)c23)c(C)cc1Oc1ccccc1. The van der Waals surface area contributed by atoms with Crippen molar-refractivity contribution in [3.05, 3.63) is 66.2 Å². The number of rotatable bonds is 5. The highest BCUT2D eigenvalue weighted by atomic mass is 16.5. The van der Waals surface area contributed by atoms with E-state index in [0.29, 0.717) is 23.2 Å². The Morgan fingerprint density at radius 3 is 2.60 bits per heavy atom. The molecule has 5 rings (SSSR count). The van der Waals surface area contributed by atoms with Crippen LogP contribution in [0.5, 0.6) is 17.2 Å². The molecule has 1 aliphatic carbocycles. The highest BCUT2D eigenvalue weighted by molar-refractivity contribution is 5.87. The average molecular weight is 400 g/mol. The van der Waals surface area contributed by atoms with E-state index in [2.05, 4.69) is 9.38 Å². The van der Waals surface area contributed by atoms with Gasteiger partial charge in [0.15, 0.2) is 11.5 Å². The lowest BCUT2D eigenvalue weighted by molar-refractivity contribution is 0.379. The quantitative estimate of drug-likeness (QED) is 0.488. The number of para-hydroxylation sites is 1. The molecule has 0 spiro atoms. The third-order valence-electron chi connectivity index (χ3n) is 5.82. The van der Waals surface area contributed by atoms with Crippen molar-refractivity contribution in [3.8, 4) is 28.5 Å². The van der Waals surface area contributed by atoms with Gasteiger partial charge in [0.25, 0.3) is 0 Å². The van der Waals surface area contributed by atoms with Gasteiger partial charge in [0, 0.05) is 23.9 Å². The highest BCUT2D eigenvalue weighted by Gasteiger charge is 2.27. The minimum Gasteiger partial charge on any atom is -0.493 e. The van der Waals surface area contributed by atoms with Gasteiger partial charge in [0.05, 0.1) is 7.11 Å². The van der Waals surface area contributed by atoms with Gasteiger partial charge >= 0.3 is 0 Å². The first kappa shape index (κ1) is 18.5. The number of nitrogens with two attached hydrogens (primary N) is 1. The van der Waals surface area contributed by atoms with Gasteiger partial charge in [-0.1, -0.05) is 24.6 Å². The summed E-state index contributed by atoms with van der Waals surface area (Å²) in [5, 5.41) is 0. The molecule has 152 valence electrons. The molecular weight excluding hydrogens is 376 g/mol. The topological polar surface area (TPSA) is 74.7 Å². The van der Waals surface area contributed by atoms with E-state index in [9.17, 15) is 0 Å².